The third-order valence-electron chi connectivity index (χ3n) is 4.42. The van der Waals surface area contributed by atoms with E-state index in [9.17, 15) is 9.59 Å². The summed E-state index contributed by atoms with van der Waals surface area (Å²) in [5.74, 6) is 0.974. The van der Waals surface area contributed by atoms with E-state index in [4.69, 9.17) is 32.4 Å². The van der Waals surface area contributed by atoms with Crippen molar-refractivity contribution >= 4 is 35.0 Å². The fraction of sp³-hybridized carbons (Fsp3) is 0.429. The predicted octanol–water partition coefficient (Wildman–Crippen LogP) is 4.42. The first-order valence-corrected chi connectivity index (χ1v) is 10.1. The Morgan fingerprint density at radius 3 is 2.41 bits per heavy atom. The first kappa shape index (κ1) is 23.3. The van der Waals surface area contributed by atoms with Crippen molar-refractivity contribution in [1.82, 2.24) is 9.80 Å². The fourth-order valence-corrected chi connectivity index (χ4v) is 3.08. The number of hydrogen-bond acceptors (Lipinski definition) is 4. The minimum absolute atomic E-state index is 0.0693. The van der Waals surface area contributed by atoms with Crippen LogP contribution in [0.3, 0.4) is 0 Å². The standard InChI is InChI=1S/C21H26Cl2N2O4/c1-14(2)25(21(27)16-6-8-18(22)19(23)11-16)13-20(26)24(9-10-28-4)12-17-7-5-15(3)29-17/h5-8,11,14H,9-10,12-13H2,1-4H3. The Balaban J connectivity index is 2.17. The van der Waals surface area contributed by atoms with E-state index in [-0.39, 0.29) is 24.4 Å². The van der Waals surface area contributed by atoms with Gasteiger partial charge in [0.1, 0.15) is 18.1 Å². The molecule has 0 N–H and O–H groups in total. The number of furan rings is 1. The highest BCUT2D eigenvalue weighted by Crippen LogP contribution is 2.23. The highest BCUT2D eigenvalue weighted by Gasteiger charge is 2.25. The number of hydrogen-bond donors (Lipinski definition) is 0. The van der Waals surface area contributed by atoms with Gasteiger partial charge in [-0.1, -0.05) is 23.2 Å². The van der Waals surface area contributed by atoms with E-state index in [1.807, 2.05) is 32.9 Å². The normalized spacial score (nSPS) is 11.0. The van der Waals surface area contributed by atoms with Gasteiger partial charge in [0, 0.05) is 25.3 Å². The molecule has 1 aromatic carbocycles. The van der Waals surface area contributed by atoms with E-state index < -0.39 is 0 Å². The number of nitrogens with zero attached hydrogens (tertiary/aromatic N) is 2. The Morgan fingerprint density at radius 2 is 1.86 bits per heavy atom. The Morgan fingerprint density at radius 1 is 1.14 bits per heavy atom. The Kier molecular flexibility index (Phi) is 8.56. The van der Waals surface area contributed by atoms with Gasteiger partial charge in [-0.05, 0) is 51.1 Å². The summed E-state index contributed by atoms with van der Waals surface area (Å²) < 4.78 is 10.7. The lowest BCUT2D eigenvalue weighted by Gasteiger charge is -2.30. The second kappa shape index (κ2) is 10.7. The van der Waals surface area contributed by atoms with Crippen molar-refractivity contribution in [2.24, 2.45) is 0 Å². The molecule has 2 rings (SSSR count). The average molecular weight is 441 g/mol. The lowest BCUT2D eigenvalue weighted by atomic mass is 10.1. The van der Waals surface area contributed by atoms with Gasteiger partial charge in [0.2, 0.25) is 5.91 Å². The van der Waals surface area contributed by atoms with Crippen LogP contribution >= 0.6 is 23.2 Å². The van der Waals surface area contributed by atoms with Gasteiger partial charge in [0.15, 0.2) is 0 Å². The summed E-state index contributed by atoms with van der Waals surface area (Å²) in [6.07, 6.45) is 0. The van der Waals surface area contributed by atoms with Crippen LogP contribution in [0.5, 0.6) is 0 Å². The molecule has 6 nitrogen and oxygen atoms in total. The smallest absolute Gasteiger partial charge is 0.254 e. The Bertz CT molecular complexity index is 851. The van der Waals surface area contributed by atoms with E-state index in [0.29, 0.717) is 41.1 Å². The molecule has 0 bridgehead atoms. The van der Waals surface area contributed by atoms with E-state index in [1.165, 1.54) is 11.0 Å². The van der Waals surface area contributed by atoms with Crippen molar-refractivity contribution in [3.8, 4) is 0 Å². The van der Waals surface area contributed by atoms with Gasteiger partial charge in [-0.15, -0.1) is 0 Å². The van der Waals surface area contributed by atoms with Gasteiger partial charge in [-0.3, -0.25) is 9.59 Å². The molecule has 0 aliphatic heterocycles. The average Bonchev–Trinajstić information content (AvgIpc) is 3.09. The van der Waals surface area contributed by atoms with Crippen molar-refractivity contribution in [2.45, 2.75) is 33.4 Å². The summed E-state index contributed by atoms with van der Waals surface area (Å²) >= 11 is 12.0. The van der Waals surface area contributed by atoms with Gasteiger partial charge < -0.3 is 19.0 Å². The number of benzene rings is 1. The van der Waals surface area contributed by atoms with Crippen LogP contribution in [0.4, 0.5) is 0 Å². The molecule has 0 atom stereocenters. The number of ether oxygens (including phenoxy) is 1. The zero-order chi connectivity index (χ0) is 21.6. The quantitative estimate of drug-likeness (QED) is 0.578. The van der Waals surface area contributed by atoms with Crippen LogP contribution in [0.15, 0.2) is 34.7 Å². The second-order valence-electron chi connectivity index (χ2n) is 6.98. The van der Waals surface area contributed by atoms with E-state index in [0.717, 1.165) is 5.76 Å². The molecule has 0 saturated heterocycles. The van der Waals surface area contributed by atoms with Crippen molar-refractivity contribution in [3.63, 3.8) is 0 Å². The number of rotatable bonds is 9. The number of amides is 2. The largest absolute Gasteiger partial charge is 0.464 e. The molecule has 1 aromatic heterocycles. The summed E-state index contributed by atoms with van der Waals surface area (Å²) in [6, 6.07) is 8.19. The molecule has 2 aromatic rings. The third-order valence-corrected chi connectivity index (χ3v) is 5.16. The maximum atomic E-state index is 13.0. The molecular weight excluding hydrogens is 415 g/mol. The molecule has 1 heterocycles. The topological polar surface area (TPSA) is 63.0 Å². The predicted molar refractivity (Wildman–Crippen MR) is 113 cm³/mol. The zero-order valence-corrected chi connectivity index (χ0v) is 18.6. The molecule has 0 radical (unpaired) electrons. The number of carbonyl (C=O) groups is 2. The highest BCUT2D eigenvalue weighted by atomic mass is 35.5. The van der Waals surface area contributed by atoms with E-state index in [1.54, 1.807) is 24.1 Å². The zero-order valence-electron chi connectivity index (χ0n) is 17.1. The lowest BCUT2D eigenvalue weighted by Crippen LogP contribution is -2.46. The first-order chi connectivity index (χ1) is 13.7. The number of aryl methyl sites for hydroxylation is 1. The summed E-state index contributed by atoms with van der Waals surface area (Å²) in [6.45, 7) is 6.58. The fourth-order valence-electron chi connectivity index (χ4n) is 2.78. The van der Waals surface area contributed by atoms with Crippen LogP contribution in [0, 0.1) is 6.92 Å². The second-order valence-corrected chi connectivity index (χ2v) is 7.79. The molecule has 2 amide bonds. The van der Waals surface area contributed by atoms with Crippen LogP contribution in [-0.4, -0.2) is 54.5 Å². The van der Waals surface area contributed by atoms with Crippen molar-refractivity contribution in [2.75, 3.05) is 26.8 Å². The van der Waals surface area contributed by atoms with Crippen molar-refractivity contribution < 1.29 is 18.7 Å². The molecule has 0 aliphatic carbocycles. The maximum Gasteiger partial charge on any atom is 0.254 e. The number of carbonyl (C=O) groups excluding carboxylic acids is 2. The van der Waals surface area contributed by atoms with Gasteiger partial charge >= 0.3 is 0 Å². The molecule has 8 heteroatoms. The Hall–Kier alpha value is -2.02. The number of halogens is 2. The van der Waals surface area contributed by atoms with Crippen LogP contribution in [-0.2, 0) is 16.1 Å². The molecule has 0 fully saturated rings. The van der Waals surface area contributed by atoms with Gasteiger partial charge in [-0.25, -0.2) is 0 Å². The summed E-state index contributed by atoms with van der Waals surface area (Å²) in [4.78, 5) is 29.1. The van der Waals surface area contributed by atoms with E-state index in [2.05, 4.69) is 0 Å². The number of methoxy groups -OCH3 is 1. The SMILES string of the molecule is COCCN(Cc1ccc(C)o1)C(=O)CN(C(=O)c1ccc(Cl)c(Cl)c1)C(C)C. The summed E-state index contributed by atoms with van der Waals surface area (Å²) in [5, 5.41) is 0.664. The third kappa shape index (κ3) is 6.49. The van der Waals surface area contributed by atoms with Crippen LogP contribution in [0.1, 0.15) is 35.7 Å². The van der Waals surface area contributed by atoms with Gasteiger partial charge in [0.25, 0.3) is 5.91 Å². The molecule has 0 saturated carbocycles. The van der Waals surface area contributed by atoms with Crippen LogP contribution < -0.4 is 0 Å². The highest BCUT2D eigenvalue weighted by molar-refractivity contribution is 6.42. The monoisotopic (exact) mass is 440 g/mol. The van der Waals surface area contributed by atoms with Gasteiger partial charge in [-0.2, -0.15) is 0 Å². The van der Waals surface area contributed by atoms with Gasteiger partial charge in [0.05, 0.1) is 23.2 Å². The summed E-state index contributed by atoms with van der Waals surface area (Å²) in [5.41, 5.74) is 0.381. The first-order valence-electron chi connectivity index (χ1n) is 9.31. The van der Waals surface area contributed by atoms with Crippen LogP contribution in [0.2, 0.25) is 10.0 Å². The molecule has 0 unspecified atom stereocenters. The van der Waals surface area contributed by atoms with E-state index >= 15 is 0 Å². The minimum Gasteiger partial charge on any atom is -0.464 e. The lowest BCUT2D eigenvalue weighted by molar-refractivity contribution is -0.133. The molecule has 158 valence electrons. The molecule has 0 aliphatic rings. The molecule has 29 heavy (non-hydrogen) atoms. The Labute approximate surface area is 181 Å². The maximum absolute atomic E-state index is 13.0. The molecule has 0 spiro atoms. The van der Waals surface area contributed by atoms with Crippen molar-refractivity contribution in [1.29, 1.82) is 0 Å². The summed E-state index contributed by atoms with van der Waals surface area (Å²) in [7, 11) is 1.58. The molecular formula is C21H26Cl2N2O4. The van der Waals surface area contributed by atoms with Crippen LogP contribution in [0.25, 0.3) is 0 Å². The minimum atomic E-state index is -0.285. The van der Waals surface area contributed by atoms with Crippen molar-refractivity contribution in [3.05, 3.63) is 57.5 Å².